The van der Waals surface area contributed by atoms with Crippen LogP contribution in [0.25, 0.3) is 10.8 Å². The number of benzene rings is 2. The van der Waals surface area contributed by atoms with Crippen LogP contribution in [0.5, 0.6) is 0 Å². The fourth-order valence-corrected chi connectivity index (χ4v) is 1.52. The summed E-state index contributed by atoms with van der Waals surface area (Å²) in [5, 5.41) is 2.22. The van der Waals surface area contributed by atoms with Crippen LogP contribution in [0.4, 0.5) is 0 Å². The van der Waals surface area contributed by atoms with Gasteiger partial charge >= 0.3 is 0 Å². The highest BCUT2D eigenvalue weighted by molar-refractivity contribution is 5.83. The van der Waals surface area contributed by atoms with Gasteiger partial charge in [-0.3, -0.25) is 10.5 Å². The number of hydrogen-bond donors (Lipinski definition) is 1. The van der Waals surface area contributed by atoms with E-state index < -0.39 is 6.23 Å². The van der Waals surface area contributed by atoms with Gasteiger partial charge in [0.2, 0.25) is 0 Å². The van der Waals surface area contributed by atoms with Crippen molar-refractivity contribution in [2.75, 3.05) is 0 Å². The quantitative estimate of drug-likeness (QED) is 0.610. The molecule has 2 aromatic carbocycles. The summed E-state index contributed by atoms with van der Waals surface area (Å²) in [6.07, 6.45) is -0.688. The zero-order valence-corrected chi connectivity index (χ0v) is 8.09. The summed E-state index contributed by atoms with van der Waals surface area (Å²) < 4.78 is 4.67. The second-order valence-corrected chi connectivity index (χ2v) is 3.26. The van der Waals surface area contributed by atoms with Crippen molar-refractivity contribution in [1.29, 1.82) is 0 Å². The summed E-state index contributed by atoms with van der Waals surface area (Å²) >= 11 is 0. The topological polar surface area (TPSA) is 52.3 Å². The Kier molecular flexibility index (Phi) is 2.65. The van der Waals surface area contributed by atoms with Crippen LogP contribution in [0.15, 0.2) is 42.5 Å². The Bertz CT molecular complexity index is 482. The first kappa shape index (κ1) is 9.68. The van der Waals surface area contributed by atoms with Crippen molar-refractivity contribution in [3.63, 3.8) is 0 Å². The summed E-state index contributed by atoms with van der Waals surface area (Å²) in [6.45, 7) is 0.361. The molecule has 0 heterocycles. The number of carbonyl (C=O) groups excluding carboxylic acids is 1. The molecule has 3 nitrogen and oxygen atoms in total. The maximum Gasteiger partial charge on any atom is 0.294 e. The van der Waals surface area contributed by atoms with E-state index in [2.05, 4.69) is 4.74 Å². The van der Waals surface area contributed by atoms with Gasteiger partial charge in [-0.1, -0.05) is 36.4 Å². The molecular weight excluding hydrogens is 190 g/mol. The minimum absolute atomic E-state index is 0.361. The van der Waals surface area contributed by atoms with Gasteiger partial charge in [-0.05, 0) is 16.8 Å². The Balaban J connectivity index is 2.42. The minimum Gasteiger partial charge on any atom is -0.445 e. The van der Waals surface area contributed by atoms with Crippen molar-refractivity contribution < 1.29 is 9.53 Å². The van der Waals surface area contributed by atoms with Gasteiger partial charge in [-0.15, -0.1) is 0 Å². The number of carbonyl (C=O) groups is 1. The van der Waals surface area contributed by atoms with E-state index >= 15 is 0 Å². The fraction of sp³-hybridized carbons (Fsp3) is 0.0833. The molecule has 0 saturated heterocycles. The Morgan fingerprint density at radius 1 is 1.13 bits per heavy atom. The van der Waals surface area contributed by atoms with Gasteiger partial charge in [0, 0.05) is 5.56 Å². The van der Waals surface area contributed by atoms with E-state index in [0.717, 1.165) is 16.3 Å². The largest absolute Gasteiger partial charge is 0.445 e. The van der Waals surface area contributed by atoms with Crippen LogP contribution in [0, 0.1) is 0 Å². The zero-order chi connectivity index (χ0) is 10.7. The average molecular weight is 201 g/mol. The van der Waals surface area contributed by atoms with E-state index in [1.165, 1.54) is 0 Å². The lowest BCUT2D eigenvalue weighted by Gasteiger charge is -2.10. The highest BCUT2D eigenvalue weighted by Gasteiger charge is 2.05. The van der Waals surface area contributed by atoms with Crippen LogP contribution in [-0.4, -0.2) is 6.47 Å². The predicted octanol–water partition coefficient (Wildman–Crippen LogP) is 1.97. The standard InChI is InChI=1S/C12H11NO2/c13-12(15-8-14)11-6-5-9-3-1-2-4-10(9)7-11/h1-8,12H,13H2. The highest BCUT2D eigenvalue weighted by Crippen LogP contribution is 2.19. The van der Waals surface area contributed by atoms with E-state index in [0.29, 0.717) is 6.47 Å². The van der Waals surface area contributed by atoms with E-state index in [4.69, 9.17) is 5.73 Å². The molecule has 1 unspecified atom stereocenters. The van der Waals surface area contributed by atoms with Gasteiger partial charge in [0.25, 0.3) is 6.47 Å². The van der Waals surface area contributed by atoms with Crippen LogP contribution >= 0.6 is 0 Å². The molecule has 0 bridgehead atoms. The second kappa shape index (κ2) is 4.11. The first-order chi connectivity index (χ1) is 7.31. The highest BCUT2D eigenvalue weighted by atomic mass is 16.5. The molecule has 0 amide bonds. The lowest BCUT2D eigenvalue weighted by Crippen LogP contribution is -2.13. The maximum absolute atomic E-state index is 10.1. The van der Waals surface area contributed by atoms with Crippen molar-refractivity contribution >= 4 is 17.2 Å². The molecule has 0 aliphatic rings. The van der Waals surface area contributed by atoms with Crippen LogP contribution in [-0.2, 0) is 9.53 Å². The summed E-state index contributed by atoms with van der Waals surface area (Å²) in [7, 11) is 0. The second-order valence-electron chi connectivity index (χ2n) is 3.26. The van der Waals surface area contributed by atoms with E-state index in [9.17, 15) is 4.79 Å². The first-order valence-corrected chi connectivity index (χ1v) is 4.64. The monoisotopic (exact) mass is 201 g/mol. The van der Waals surface area contributed by atoms with Crippen molar-refractivity contribution in [2.24, 2.45) is 5.73 Å². The molecule has 0 saturated carbocycles. The summed E-state index contributed by atoms with van der Waals surface area (Å²) in [5.74, 6) is 0. The lowest BCUT2D eigenvalue weighted by atomic mass is 10.1. The van der Waals surface area contributed by atoms with Gasteiger partial charge in [0.05, 0.1) is 0 Å². The van der Waals surface area contributed by atoms with Gasteiger partial charge in [-0.25, -0.2) is 0 Å². The van der Waals surface area contributed by atoms with Crippen LogP contribution in [0.3, 0.4) is 0 Å². The summed E-state index contributed by atoms with van der Waals surface area (Å²) in [6, 6.07) is 13.7. The van der Waals surface area contributed by atoms with Gasteiger partial charge in [0.1, 0.15) is 0 Å². The van der Waals surface area contributed by atoms with Gasteiger partial charge in [-0.2, -0.15) is 0 Å². The Hall–Kier alpha value is -1.87. The number of fused-ring (bicyclic) bond motifs is 1. The van der Waals surface area contributed by atoms with Crippen molar-refractivity contribution in [2.45, 2.75) is 6.23 Å². The van der Waals surface area contributed by atoms with E-state index in [-0.39, 0.29) is 0 Å². The number of hydrogen-bond acceptors (Lipinski definition) is 3. The van der Waals surface area contributed by atoms with Crippen molar-refractivity contribution in [1.82, 2.24) is 0 Å². The minimum atomic E-state index is -0.688. The molecule has 0 spiro atoms. The molecule has 3 heteroatoms. The molecule has 0 aliphatic heterocycles. The lowest BCUT2D eigenvalue weighted by molar-refractivity contribution is -0.133. The van der Waals surface area contributed by atoms with Crippen molar-refractivity contribution in [3.8, 4) is 0 Å². The summed E-state index contributed by atoms with van der Waals surface area (Å²) in [5.41, 5.74) is 6.44. The molecule has 76 valence electrons. The Morgan fingerprint density at radius 3 is 2.60 bits per heavy atom. The van der Waals surface area contributed by atoms with Crippen LogP contribution < -0.4 is 5.73 Å². The average Bonchev–Trinajstić information content (AvgIpc) is 2.29. The Morgan fingerprint density at radius 2 is 1.87 bits per heavy atom. The third-order valence-electron chi connectivity index (χ3n) is 2.30. The fourth-order valence-electron chi connectivity index (χ4n) is 1.52. The molecule has 2 rings (SSSR count). The maximum atomic E-state index is 10.1. The van der Waals surface area contributed by atoms with E-state index in [1.807, 2.05) is 42.5 Å². The molecular formula is C12H11NO2. The molecule has 2 N–H and O–H groups in total. The molecule has 15 heavy (non-hydrogen) atoms. The molecule has 1 atom stereocenters. The molecule has 2 aromatic rings. The van der Waals surface area contributed by atoms with E-state index in [1.54, 1.807) is 0 Å². The van der Waals surface area contributed by atoms with Crippen molar-refractivity contribution in [3.05, 3.63) is 48.0 Å². The predicted molar refractivity (Wildman–Crippen MR) is 58.0 cm³/mol. The molecule has 0 fully saturated rings. The first-order valence-electron chi connectivity index (χ1n) is 4.64. The normalized spacial score (nSPS) is 12.3. The third-order valence-corrected chi connectivity index (χ3v) is 2.30. The number of ether oxygens (including phenoxy) is 1. The third kappa shape index (κ3) is 1.97. The number of nitrogens with two attached hydrogens (primary N) is 1. The molecule has 0 aliphatic carbocycles. The van der Waals surface area contributed by atoms with Crippen LogP contribution in [0.2, 0.25) is 0 Å². The molecule has 0 aromatic heterocycles. The van der Waals surface area contributed by atoms with Crippen LogP contribution in [0.1, 0.15) is 11.8 Å². The molecule has 0 radical (unpaired) electrons. The number of rotatable bonds is 3. The summed E-state index contributed by atoms with van der Waals surface area (Å²) in [4.78, 5) is 10.1. The van der Waals surface area contributed by atoms with Gasteiger partial charge < -0.3 is 4.74 Å². The Labute approximate surface area is 87.5 Å². The smallest absolute Gasteiger partial charge is 0.294 e. The van der Waals surface area contributed by atoms with Gasteiger partial charge in [0.15, 0.2) is 6.23 Å². The SMILES string of the molecule is NC(OC=O)c1ccc2ccccc2c1. The zero-order valence-electron chi connectivity index (χ0n) is 8.09.